The van der Waals surface area contributed by atoms with Crippen molar-refractivity contribution < 1.29 is 0 Å². The summed E-state index contributed by atoms with van der Waals surface area (Å²) in [5.41, 5.74) is 17.4. The second-order valence-corrected chi connectivity index (χ2v) is 25.4. The molecule has 0 N–H and O–H groups in total. The van der Waals surface area contributed by atoms with Crippen LogP contribution < -0.4 is 0 Å². The van der Waals surface area contributed by atoms with Gasteiger partial charge in [0.05, 0.1) is 11.0 Å². The van der Waals surface area contributed by atoms with Crippen LogP contribution in [0.15, 0.2) is 322 Å². The average molecular weight is 1160 g/mol. The highest BCUT2D eigenvalue weighted by Crippen LogP contribution is 2.48. The van der Waals surface area contributed by atoms with E-state index in [0.717, 1.165) is 16.6 Å². The Morgan fingerprint density at radius 2 is 0.582 bits per heavy atom. The molecular weight excluding hydrogens is 1100 g/mol. The van der Waals surface area contributed by atoms with Crippen LogP contribution in [0.4, 0.5) is 0 Å². The van der Waals surface area contributed by atoms with Crippen molar-refractivity contribution in [3.63, 3.8) is 0 Å². The van der Waals surface area contributed by atoms with Crippen LogP contribution in [0.3, 0.4) is 0 Å². The van der Waals surface area contributed by atoms with Crippen molar-refractivity contribution in [3.8, 4) is 61.3 Å². The van der Waals surface area contributed by atoms with Gasteiger partial charge in [-0.3, -0.25) is 4.98 Å². The second-order valence-electron chi connectivity index (χ2n) is 25.4. The van der Waals surface area contributed by atoms with Gasteiger partial charge in [0.2, 0.25) is 0 Å². The molecule has 0 saturated carbocycles. The van der Waals surface area contributed by atoms with Crippen LogP contribution in [0.1, 0.15) is 26.3 Å². The zero-order chi connectivity index (χ0) is 60.7. The standard InChI is InChI=1S/C51H32N2.C38H30/c1-2-14-41(15-3-1)53-48-25-23-38(30-45(48)47-32-52-27-26-49(47)53)37-22-24-44-46(31-37)51(40-21-19-34-11-5-7-13-36(34)29-40)43-17-9-8-16-42(43)50(44)39-20-18-33-10-4-6-12-35(33)28-39;1-38(2,3)31-20-21-34-35(24-31)37(30-19-17-26-11-5-7-13-28(26)23-30)33-15-9-8-14-32(33)36(34)29-18-16-25-10-4-6-12-27(25)22-29/h1-32H;4-24H,1-3H3. The van der Waals surface area contributed by atoms with E-state index in [9.17, 15) is 0 Å². The van der Waals surface area contributed by atoms with Gasteiger partial charge in [-0.1, -0.05) is 263 Å². The van der Waals surface area contributed by atoms with Gasteiger partial charge < -0.3 is 4.57 Å². The number of fused-ring (bicyclic) bond motifs is 11. The van der Waals surface area contributed by atoms with Gasteiger partial charge in [0.15, 0.2) is 0 Å². The van der Waals surface area contributed by atoms with Crippen molar-refractivity contribution in [2.45, 2.75) is 26.2 Å². The number of pyridine rings is 1. The van der Waals surface area contributed by atoms with Gasteiger partial charge in [-0.25, -0.2) is 0 Å². The molecule has 0 spiro atoms. The smallest absolute Gasteiger partial charge is 0.0571 e. The molecular formula is C89H62N2. The Hall–Kier alpha value is -11.5. The molecule has 428 valence electrons. The third kappa shape index (κ3) is 9.29. The van der Waals surface area contributed by atoms with Crippen molar-refractivity contribution in [1.29, 1.82) is 0 Å². The first-order valence-electron chi connectivity index (χ1n) is 31.6. The Morgan fingerprint density at radius 3 is 1.03 bits per heavy atom. The molecule has 0 fully saturated rings. The summed E-state index contributed by atoms with van der Waals surface area (Å²) in [7, 11) is 0. The van der Waals surface area contributed by atoms with Crippen molar-refractivity contribution in [1.82, 2.24) is 9.55 Å². The largest absolute Gasteiger partial charge is 0.309 e. The lowest BCUT2D eigenvalue weighted by Crippen LogP contribution is -2.10. The molecule has 18 rings (SSSR count). The second kappa shape index (κ2) is 21.7. The minimum atomic E-state index is 0.0591. The van der Waals surface area contributed by atoms with E-state index in [1.54, 1.807) is 0 Å². The summed E-state index contributed by atoms with van der Waals surface area (Å²) in [5, 5.41) is 22.6. The van der Waals surface area contributed by atoms with E-state index in [1.165, 1.54) is 158 Å². The highest BCUT2D eigenvalue weighted by molar-refractivity contribution is 6.24. The van der Waals surface area contributed by atoms with E-state index in [1.807, 2.05) is 12.4 Å². The zero-order valence-electron chi connectivity index (χ0n) is 51.0. The van der Waals surface area contributed by atoms with Crippen LogP contribution >= 0.6 is 0 Å². The number of para-hydroxylation sites is 1. The molecule has 0 amide bonds. The normalized spacial score (nSPS) is 11.9. The van der Waals surface area contributed by atoms with E-state index in [-0.39, 0.29) is 5.41 Å². The molecule has 0 unspecified atom stereocenters. The first kappa shape index (κ1) is 53.8. The van der Waals surface area contributed by atoms with Crippen LogP contribution in [0.5, 0.6) is 0 Å². The molecule has 0 bridgehead atoms. The average Bonchev–Trinajstić information content (AvgIpc) is 1.01. The molecule has 2 heteroatoms. The summed E-state index contributed by atoms with van der Waals surface area (Å²) in [5.74, 6) is 0. The first-order valence-corrected chi connectivity index (χ1v) is 31.6. The molecule has 0 aliphatic heterocycles. The summed E-state index contributed by atoms with van der Waals surface area (Å²) < 4.78 is 2.34. The maximum Gasteiger partial charge on any atom is 0.0571 e. The van der Waals surface area contributed by atoms with Crippen LogP contribution in [-0.2, 0) is 5.41 Å². The van der Waals surface area contributed by atoms with Crippen molar-refractivity contribution in [2.75, 3.05) is 0 Å². The molecule has 0 saturated heterocycles. The highest BCUT2D eigenvalue weighted by Gasteiger charge is 2.23. The van der Waals surface area contributed by atoms with Crippen LogP contribution in [-0.4, -0.2) is 9.55 Å². The number of benzene rings is 16. The minimum Gasteiger partial charge on any atom is -0.309 e. The molecule has 18 aromatic rings. The summed E-state index contributed by atoms with van der Waals surface area (Å²) in [6.45, 7) is 6.90. The number of rotatable bonds is 6. The predicted molar refractivity (Wildman–Crippen MR) is 391 cm³/mol. The van der Waals surface area contributed by atoms with E-state index in [0.29, 0.717) is 0 Å². The molecule has 16 aromatic carbocycles. The molecule has 2 nitrogen and oxygen atoms in total. The number of aromatic nitrogens is 2. The molecule has 0 radical (unpaired) electrons. The fourth-order valence-electron chi connectivity index (χ4n) is 14.5. The van der Waals surface area contributed by atoms with E-state index >= 15 is 0 Å². The van der Waals surface area contributed by atoms with Gasteiger partial charge >= 0.3 is 0 Å². The quantitative estimate of drug-likeness (QED) is 0.152. The lowest BCUT2D eigenvalue weighted by molar-refractivity contribution is 0.591. The molecule has 0 aliphatic rings. The van der Waals surface area contributed by atoms with Gasteiger partial charge in [-0.15, -0.1) is 0 Å². The Labute approximate surface area is 529 Å². The van der Waals surface area contributed by atoms with Gasteiger partial charge in [-0.2, -0.15) is 0 Å². The third-order valence-corrected chi connectivity index (χ3v) is 19.0. The van der Waals surface area contributed by atoms with E-state index < -0.39 is 0 Å². The summed E-state index contributed by atoms with van der Waals surface area (Å²) in [6.07, 6.45) is 3.89. The minimum absolute atomic E-state index is 0.0591. The lowest BCUT2D eigenvalue weighted by Gasteiger charge is -2.23. The van der Waals surface area contributed by atoms with Crippen molar-refractivity contribution in [2.24, 2.45) is 0 Å². The van der Waals surface area contributed by atoms with Gasteiger partial charge in [0.25, 0.3) is 0 Å². The third-order valence-electron chi connectivity index (χ3n) is 19.0. The Bertz CT molecular complexity index is 5940. The molecule has 2 heterocycles. The summed E-state index contributed by atoms with van der Waals surface area (Å²) >= 11 is 0. The number of hydrogen-bond acceptors (Lipinski definition) is 1. The first-order chi connectivity index (χ1) is 44.8. The Morgan fingerprint density at radius 1 is 0.242 bits per heavy atom. The molecule has 0 aliphatic carbocycles. The fraction of sp³-hybridized carbons (Fsp3) is 0.0449. The van der Waals surface area contributed by atoms with Crippen molar-refractivity contribution >= 4 is 108 Å². The number of hydrogen-bond donors (Lipinski definition) is 0. The topological polar surface area (TPSA) is 17.8 Å². The lowest BCUT2D eigenvalue weighted by atomic mass is 9.81. The van der Waals surface area contributed by atoms with Crippen molar-refractivity contribution in [3.05, 3.63) is 327 Å². The maximum absolute atomic E-state index is 4.55. The molecule has 2 aromatic heterocycles. The zero-order valence-corrected chi connectivity index (χ0v) is 51.0. The summed E-state index contributed by atoms with van der Waals surface area (Å²) in [4.78, 5) is 4.55. The highest BCUT2D eigenvalue weighted by atomic mass is 15.0. The van der Waals surface area contributed by atoms with Crippen LogP contribution in [0, 0.1) is 0 Å². The van der Waals surface area contributed by atoms with Crippen LogP contribution in [0.25, 0.3) is 169 Å². The summed E-state index contributed by atoms with van der Waals surface area (Å²) in [6, 6.07) is 114. The molecule has 91 heavy (non-hydrogen) atoms. The van der Waals surface area contributed by atoms with Crippen LogP contribution in [0.2, 0.25) is 0 Å². The molecule has 0 atom stereocenters. The Kier molecular flexibility index (Phi) is 12.8. The van der Waals surface area contributed by atoms with E-state index in [2.05, 4.69) is 340 Å². The monoisotopic (exact) mass is 1160 g/mol. The van der Waals surface area contributed by atoms with Gasteiger partial charge in [-0.05, 0) is 220 Å². The number of nitrogens with zero attached hydrogens (tertiary/aromatic N) is 2. The Balaban J connectivity index is 0.000000148. The van der Waals surface area contributed by atoms with Gasteiger partial charge in [0.1, 0.15) is 0 Å². The van der Waals surface area contributed by atoms with Gasteiger partial charge in [0, 0.05) is 28.9 Å². The SMILES string of the molecule is CC(C)(C)c1ccc2c(-c3ccc4ccccc4c3)c3ccccc3c(-c3ccc4ccccc4c3)c2c1.c1ccc(-n2c3ccncc3c3cc(-c4ccc5c(-c6ccc7ccccc7c6)c6ccccc6c(-c6ccc7ccccc7c6)c5c4)ccc32)cc1. The predicted octanol–water partition coefficient (Wildman–Crippen LogP) is 24.7. The maximum atomic E-state index is 4.55. The fourth-order valence-corrected chi connectivity index (χ4v) is 14.5. The van der Waals surface area contributed by atoms with E-state index in [4.69, 9.17) is 0 Å².